The maximum atomic E-state index is 12.2. The number of hydrogen-bond donors (Lipinski definition) is 1. The lowest BCUT2D eigenvalue weighted by atomic mass is 10.1. The lowest BCUT2D eigenvalue weighted by Crippen LogP contribution is -2.34. The van der Waals surface area contributed by atoms with Gasteiger partial charge in [-0.2, -0.15) is 0 Å². The van der Waals surface area contributed by atoms with Gasteiger partial charge in [-0.3, -0.25) is 9.59 Å². The van der Waals surface area contributed by atoms with Crippen molar-refractivity contribution in [3.8, 4) is 0 Å². The fourth-order valence-corrected chi connectivity index (χ4v) is 3.00. The van der Waals surface area contributed by atoms with Crippen LogP contribution in [0.2, 0.25) is 0 Å². The highest BCUT2D eigenvalue weighted by molar-refractivity contribution is 9.10. The Hall–Kier alpha value is -1.40. The Labute approximate surface area is 146 Å². The summed E-state index contributed by atoms with van der Waals surface area (Å²) in [7, 11) is 4.02. The lowest BCUT2D eigenvalue weighted by Gasteiger charge is -2.18. The summed E-state index contributed by atoms with van der Waals surface area (Å²) in [5, 5.41) is 2.94. The van der Waals surface area contributed by atoms with Crippen molar-refractivity contribution in [2.45, 2.75) is 19.8 Å². The van der Waals surface area contributed by atoms with E-state index in [1.54, 1.807) is 4.90 Å². The molecule has 0 bridgehead atoms. The molecule has 1 atom stereocenters. The minimum absolute atomic E-state index is 0.00851. The first kappa shape index (κ1) is 17.9. The van der Waals surface area contributed by atoms with Crippen LogP contribution in [0.25, 0.3) is 0 Å². The minimum atomic E-state index is -0.262. The molecule has 0 aliphatic carbocycles. The van der Waals surface area contributed by atoms with Gasteiger partial charge in [0.05, 0.1) is 5.92 Å². The molecule has 1 saturated heterocycles. The van der Waals surface area contributed by atoms with Crippen molar-refractivity contribution in [2.24, 2.45) is 5.92 Å². The first-order chi connectivity index (χ1) is 10.9. The van der Waals surface area contributed by atoms with Gasteiger partial charge in [-0.25, -0.2) is 0 Å². The number of nitrogens with zero attached hydrogens (tertiary/aromatic N) is 2. The molecule has 0 saturated carbocycles. The standard InChI is InChI=1S/C17H24BrN3O2/c1-12-5-6-14(10-15(12)18)21-11-13(9-16(21)22)17(23)19-7-4-8-20(2)3/h5-6,10,13H,4,7-9,11H2,1-3H3,(H,19,23). The molecule has 1 aromatic carbocycles. The third-order valence-corrected chi connectivity index (χ3v) is 4.90. The minimum Gasteiger partial charge on any atom is -0.356 e. The van der Waals surface area contributed by atoms with E-state index in [1.807, 2.05) is 39.2 Å². The smallest absolute Gasteiger partial charge is 0.227 e. The molecule has 1 fully saturated rings. The fraction of sp³-hybridized carbons (Fsp3) is 0.529. The van der Waals surface area contributed by atoms with E-state index in [9.17, 15) is 9.59 Å². The van der Waals surface area contributed by atoms with Gasteiger partial charge in [0.15, 0.2) is 0 Å². The van der Waals surface area contributed by atoms with Crippen LogP contribution in [0.4, 0.5) is 5.69 Å². The number of nitrogens with one attached hydrogen (secondary N) is 1. The summed E-state index contributed by atoms with van der Waals surface area (Å²) >= 11 is 3.49. The normalized spacial score (nSPS) is 17.9. The highest BCUT2D eigenvalue weighted by atomic mass is 79.9. The first-order valence-electron chi connectivity index (χ1n) is 7.87. The van der Waals surface area contributed by atoms with Gasteiger partial charge >= 0.3 is 0 Å². The molecular weight excluding hydrogens is 358 g/mol. The molecule has 0 radical (unpaired) electrons. The monoisotopic (exact) mass is 381 g/mol. The summed E-state index contributed by atoms with van der Waals surface area (Å²) in [5.41, 5.74) is 1.96. The second-order valence-corrected chi connectivity index (χ2v) is 7.14. The van der Waals surface area contributed by atoms with Crippen molar-refractivity contribution >= 4 is 33.4 Å². The van der Waals surface area contributed by atoms with Crippen molar-refractivity contribution in [2.75, 3.05) is 38.6 Å². The van der Waals surface area contributed by atoms with Crippen LogP contribution in [0.15, 0.2) is 22.7 Å². The van der Waals surface area contributed by atoms with Gasteiger partial charge in [0.1, 0.15) is 0 Å². The summed E-state index contributed by atoms with van der Waals surface area (Å²) < 4.78 is 0.972. The van der Waals surface area contributed by atoms with Crippen molar-refractivity contribution < 1.29 is 9.59 Å². The highest BCUT2D eigenvalue weighted by Gasteiger charge is 2.35. The van der Waals surface area contributed by atoms with E-state index in [1.165, 1.54) is 0 Å². The van der Waals surface area contributed by atoms with E-state index < -0.39 is 0 Å². The average Bonchev–Trinajstić information content (AvgIpc) is 2.88. The third kappa shape index (κ3) is 4.78. The quantitative estimate of drug-likeness (QED) is 0.768. The van der Waals surface area contributed by atoms with E-state index in [0.717, 1.165) is 28.7 Å². The zero-order valence-electron chi connectivity index (χ0n) is 13.9. The summed E-state index contributed by atoms with van der Waals surface area (Å²) in [6.07, 6.45) is 1.19. The zero-order valence-corrected chi connectivity index (χ0v) is 15.5. The molecule has 1 aromatic rings. The van der Waals surface area contributed by atoms with Gasteiger partial charge in [-0.1, -0.05) is 22.0 Å². The third-order valence-electron chi connectivity index (χ3n) is 4.04. The Kier molecular flexibility index (Phi) is 6.18. The number of carbonyl (C=O) groups excluding carboxylic acids is 2. The largest absolute Gasteiger partial charge is 0.356 e. The van der Waals surface area contributed by atoms with Gasteiger partial charge in [-0.15, -0.1) is 0 Å². The van der Waals surface area contributed by atoms with Gasteiger partial charge < -0.3 is 15.1 Å². The van der Waals surface area contributed by atoms with Crippen LogP contribution < -0.4 is 10.2 Å². The molecule has 6 heteroatoms. The molecule has 2 rings (SSSR count). The van der Waals surface area contributed by atoms with Gasteiger partial charge in [-0.05, 0) is 51.7 Å². The summed E-state index contributed by atoms with van der Waals surface area (Å²) in [5.74, 6) is -0.276. The van der Waals surface area contributed by atoms with Crippen LogP contribution in [0.1, 0.15) is 18.4 Å². The number of aryl methyl sites for hydroxylation is 1. The second kappa shape index (κ2) is 7.93. The molecule has 1 aliphatic heterocycles. The first-order valence-corrected chi connectivity index (χ1v) is 8.66. The molecule has 23 heavy (non-hydrogen) atoms. The molecule has 2 amide bonds. The van der Waals surface area contributed by atoms with Crippen molar-refractivity contribution in [1.29, 1.82) is 0 Å². The summed E-state index contributed by atoms with van der Waals surface area (Å²) in [6, 6.07) is 5.83. The Morgan fingerprint density at radius 3 is 2.83 bits per heavy atom. The van der Waals surface area contributed by atoms with Crippen LogP contribution in [0, 0.1) is 12.8 Å². The Balaban J connectivity index is 1.91. The molecule has 1 unspecified atom stereocenters. The number of benzene rings is 1. The highest BCUT2D eigenvalue weighted by Crippen LogP contribution is 2.29. The molecule has 5 nitrogen and oxygen atoms in total. The van der Waals surface area contributed by atoms with Crippen LogP contribution in [-0.2, 0) is 9.59 Å². The van der Waals surface area contributed by atoms with E-state index in [-0.39, 0.29) is 24.2 Å². The van der Waals surface area contributed by atoms with Crippen LogP contribution in [0.5, 0.6) is 0 Å². The zero-order chi connectivity index (χ0) is 17.0. The Morgan fingerprint density at radius 1 is 1.43 bits per heavy atom. The summed E-state index contributed by atoms with van der Waals surface area (Å²) in [4.78, 5) is 28.2. The number of rotatable bonds is 6. The molecular formula is C17H24BrN3O2. The predicted molar refractivity (Wildman–Crippen MR) is 95.5 cm³/mol. The Morgan fingerprint density at radius 2 is 2.17 bits per heavy atom. The van der Waals surface area contributed by atoms with Gasteiger partial charge in [0.25, 0.3) is 0 Å². The predicted octanol–water partition coefficient (Wildman–Crippen LogP) is 2.18. The SMILES string of the molecule is Cc1ccc(N2CC(C(=O)NCCCN(C)C)CC2=O)cc1Br. The fourth-order valence-electron chi connectivity index (χ4n) is 2.63. The number of hydrogen-bond acceptors (Lipinski definition) is 3. The molecule has 1 N–H and O–H groups in total. The summed E-state index contributed by atoms with van der Waals surface area (Å²) in [6.45, 7) is 4.04. The van der Waals surface area contributed by atoms with Crippen molar-refractivity contribution in [3.05, 3.63) is 28.2 Å². The number of halogens is 1. The molecule has 0 spiro atoms. The van der Waals surface area contributed by atoms with E-state index >= 15 is 0 Å². The lowest BCUT2D eigenvalue weighted by molar-refractivity contribution is -0.126. The van der Waals surface area contributed by atoms with Crippen LogP contribution >= 0.6 is 15.9 Å². The number of amides is 2. The van der Waals surface area contributed by atoms with E-state index in [2.05, 4.69) is 26.1 Å². The topological polar surface area (TPSA) is 52.7 Å². The second-order valence-electron chi connectivity index (χ2n) is 6.29. The maximum absolute atomic E-state index is 12.2. The van der Waals surface area contributed by atoms with Gasteiger partial charge in [0.2, 0.25) is 11.8 Å². The van der Waals surface area contributed by atoms with Crippen LogP contribution in [0.3, 0.4) is 0 Å². The van der Waals surface area contributed by atoms with Crippen molar-refractivity contribution in [3.63, 3.8) is 0 Å². The molecule has 126 valence electrons. The van der Waals surface area contributed by atoms with Gasteiger partial charge in [0, 0.05) is 29.7 Å². The molecule has 0 aromatic heterocycles. The molecule has 1 aliphatic rings. The van der Waals surface area contributed by atoms with E-state index in [4.69, 9.17) is 0 Å². The van der Waals surface area contributed by atoms with Crippen LogP contribution in [-0.4, -0.2) is 50.4 Å². The Bertz CT molecular complexity index is 589. The molecule has 1 heterocycles. The van der Waals surface area contributed by atoms with Crippen molar-refractivity contribution in [1.82, 2.24) is 10.2 Å². The number of anilines is 1. The maximum Gasteiger partial charge on any atom is 0.227 e. The average molecular weight is 382 g/mol. The van der Waals surface area contributed by atoms with E-state index in [0.29, 0.717) is 13.1 Å². The number of carbonyl (C=O) groups is 2.